The molecule has 1 saturated heterocycles. The number of benzene rings is 1. The summed E-state index contributed by atoms with van der Waals surface area (Å²) in [4.78, 5) is 27.4. The summed E-state index contributed by atoms with van der Waals surface area (Å²) >= 11 is 0. The largest absolute Gasteiger partial charge is 0.462 e. The van der Waals surface area contributed by atoms with Crippen molar-refractivity contribution < 1.29 is 19.1 Å². The molecule has 1 amide bonds. The molecule has 1 aromatic carbocycles. The van der Waals surface area contributed by atoms with E-state index in [9.17, 15) is 9.59 Å². The van der Waals surface area contributed by atoms with Crippen LogP contribution in [0.25, 0.3) is 0 Å². The van der Waals surface area contributed by atoms with Crippen molar-refractivity contribution in [2.75, 3.05) is 0 Å². The summed E-state index contributed by atoms with van der Waals surface area (Å²) in [5.41, 5.74) is 1.17. The number of hydrogen-bond donors (Lipinski definition) is 0. The van der Waals surface area contributed by atoms with Crippen molar-refractivity contribution in [3.05, 3.63) is 67.8 Å². The molecule has 1 aliphatic heterocycles. The minimum absolute atomic E-state index is 0.109. The molecule has 3 rings (SSSR count). The zero-order chi connectivity index (χ0) is 26.1. The highest BCUT2D eigenvalue weighted by Gasteiger charge is 2.43. The minimum atomic E-state index is -0.287. The molecule has 197 valence electrons. The predicted octanol–water partition coefficient (Wildman–Crippen LogP) is 7.02. The second-order valence-electron chi connectivity index (χ2n) is 10.8. The van der Waals surface area contributed by atoms with Crippen molar-refractivity contribution in [1.29, 1.82) is 0 Å². The number of nitrogens with zero attached hydrogens (tertiary/aromatic N) is 1. The first kappa shape index (κ1) is 28.3. The second-order valence-corrected chi connectivity index (χ2v) is 10.8. The molecule has 1 aromatic rings. The monoisotopic (exact) mass is 494 g/mol. The summed E-state index contributed by atoms with van der Waals surface area (Å²) < 4.78 is 12.0. The molecule has 0 bridgehead atoms. The van der Waals surface area contributed by atoms with E-state index in [4.69, 9.17) is 9.47 Å². The van der Waals surface area contributed by atoms with Gasteiger partial charge in [-0.15, -0.1) is 6.58 Å². The molecule has 2 aliphatic rings. The number of likely N-dealkylation sites (tertiary alicyclic amines) is 1. The van der Waals surface area contributed by atoms with Crippen LogP contribution < -0.4 is 0 Å². The molecule has 0 aromatic heterocycles. The molecule has 1 aliphatic carbocycles. The van der Waals surface area contributed by atoms with Gasteiger partial charge in [-0.2, -0.15) is 0 Å². The number of ether oxygens (including phenoxy) is 2. The van der Waals surface area contributed by atoms with Gasteiger partial charge in [-0.05, 0) is 62.3 Å². The Morgan fingerprint density at radius 2 is 1.83 bits per heavy atom. The summed E-state index contributed by atoms with van der Waals surface area (Å²) in [5, 5.41) is 0. The molecule has 1 saturated carbocycles. The first-order valence-electron chi connectivity index (χ1n) is 13.6. The Hall–Kier alpha value is -2.30. The van der Waals surface area contributed by atoms with E-state index < -0.39 is 0 Å². The molecule has 5 heteroatoms. The summed E-state index contributed by atoms with van der Waals surface area (Å²) in [5.74, 6) is -0.0446. The van der Waals surface area contributed by atoms with Crippen LogP contribution >= 0.6 is 0 Å². The van der Waals surface area contributed by atoms with Crippen molar-refractivity contribution in [2.24, 2.45) is 5.92 Å². The van der Waals surface area contributed by atoms with E-state index in [1.165, 1.54) is 12.5 Å². The maximum atomic E-state index is 13.8. The summed E-state index contributed by atoms with van der Waals surface area (Å²) in [6.45, 7) is 12.0. The number of piperidine rings is 1. The standard InChI is InChI=1S/C31H44NO4/c1-6-14-25-18-13-19-26(22-27(15-7-2)35-23(3)33)32(25)30(34)36-29-21-12-11-20-28(29)31(4,5)24-16-9-8-10-17-24/h6,8-10,13,16-19,25-29H,1,7,11-12,14-15,20-22H2,2-5H3/t25-,26-,27-,28+,29+/m1/s1. The van der Waals surface area contributed by atoms with E-state index >= 15 is 0 Å². The number of carbonyl (C=O) groups excluding carboxylic acids is 2. The predicted molar refractivity (Wildman–Crippen MR) is 144 cm³/mol. The van der Waals surface area contributed by atoms with Crippen molar-refractivity contribution in [3.63, 3.8) is 0 Å². The number of hydrogen-bond acceptors (Lipinski definition) is 4. The quantitative estimate of drug-likeness (QED) is 0.259. The topological polar surface area (TPSA) is 55.8 Å². The van der Waals surface area contributed by atoms with Crippen LogP contribution in [-0.2, 0) is 19.7 Å². The average Bonchev–Trinajstić information content (AvgIpc) is 2.85. The lowest BCUT2D eigenvalue weighted by Gasteiger charge is -2.45. The molecule has 3 radical (unpaired) electrons. The smallest absolute Gasteiger partial charge is 0.410 e. The van der Waals surface area contributed by atoms with E-state index in [0.717, 1.165) is 38.5 Å². The Morgan fingerprint density at radius 1 is 1.14 bits per heavy atom. The maximum Gasteiger partial charge on any atom is 0.410 e. The molecule has 36 heavy (non-hydrogen) atoms. The van der Waals surface area contributed by atoms with Crippen LogP contribution in [-0.4, -0.2) is 41.3 Å². The Morgan fingerprint density at radius 3 is 2.50 bits per heavy atom. The van der Waals surface area contributed by atoms with E-state index in [1.807, 2.05) is 36.3 Å². The summed E-state index contributed by atoms with van der Waals surface area (Å²) in [6, 6.07) is 10.2. The zero-order valence-corrected chi connectivity index (χ0v) is 22.5. The Balaban J connectivity index is 1.81. The van der Waals surface area contributed by atoms with Gasteiger partial charge in [-0.3, -0.25) is 4.79 Å². The van der Waals surface area contributed by atoms with Crippen LogP contribution in [0.1, 0.15) is 84.6 Å². The van der Waals surface area contributed by atoms with E-state index in [1.54, 1.807) is 0 Å². The van der Waals surface area contributed by atoms with Gasteiger partial charge < -0.3 is 14.4 Å². The van der Waals surface area contributed by atoms with Gasteiger partial charge in [-0.1, -0.05) is 70.0 Å². The SMILES string of the molecule is C=CC[C@@H]1[CH][CH][CH][C@H](C[C@@H](CCC)OC(C)=O)N1C(=O)O[C@H]1CCCC[C@@H]1C(C)(C)c1ccccc1. The van der Waals surface area contributed by atoms with Crippen LogP contribution in [0, 0.1) is 25.2 Å². The zero-order valence-electron chi connectivity index (χ0n) is 22.5. The third-order valence-corrected chi connectivity index (χ3v) is 7.85. The normalized spacial score (nSPS) is 25.6. The summed E-state index contributed by atoms with van der Waals surface area (Å²) in [7, 11) is 0. The first-order chi connectivity index (χ1) is 17.3. The first-order valence-corrected chi connectivity index (χ1v) is 13.6. The Bertz CT molecular complexity index is 851. The molecule has 1 heterocycles. The van der Waals surface area contributed by atoms with Crippen LogP contribution in [0.3, 0.4) is 0 Å². The fraction of sp³-hybridized carbons (Fsp3) is 0.581. The molecule has 0 unspecified atom stereocenters. The highest BCUT2D eigenvalue weighted by molar-refractivity contribution is 5.70. The van der Waals surface area contributed by atoms with Gasteiger partial charge in [0.1, 0.15) is 12.2 Å². The molecular formula is C31H44NO4. The van der Waals surface area contributed by atoms with Gasteiger partial charge in [0, 0.05) is 31.3 Å². The van der Waals surface area contributed by atoms with Gasteiger partial charge in [0.15, 0.2) is 0 Å². The number of rotatable bonds is 10. The average molecular weight is 495 g/mol. The fourth-order valence-corrected chi connectivity index (χ4v) is 5.96. The number of carbonyl (C=O) groups is 2. The lowest BCUT2D eigenvalue weighted by Crippen LogP contribution is -2.54. The molecule has 2 fully saturated rings. The van der Waals surface area contributed by atoms with Crippen LogP contribution in [0.2, 0.25) is 0 Å². The van der Waals surface area contributed by atoms with E-state index in [2.05, 4.69) is 51.6 Å². The van der Waals surface area contributed by atoms with Gasteiger partial charge in [0.2, 0.25) is 0 Å². The molecule has 0 spiro atoms. The lowest BCUT2D eigenvalue weighted by molar-refractivity contribution is -0.147. The molecule has 0 N–H and O–H groups in total. The summed E-state index contributed by atoms with van der Waals surface area (Å²) in [6.07, 6.45) is 14.3. The van der Waals surface area contributed by atoms with Crippen molar-refractivity contribution in [2.45, 2.75) is 109 Å². The fourth-order valence-electron chi connectivity index (χ4n) is 5.96. The highest BCUT2D eigenvalue weighted by Crippen LogP contribution is 2.42. The highest BCUT2D eigenvalue weighted by atomic mass is 16.6. The van der Waals surface area contributed by atoms with E-state index in [0.29, 0.717) is 12.8 Å². The molecule has 5 atom stereocenters. The van der Waals surface area contributed by atoms with Gasteiger partial charge in [-0.25, -0.2) is 4.79 Å². The van der Waals surface area contributed by atoms with Crippen LogP contribution in [0.5, 0.6) is 0 Å². The van der Waals surface area contributed by atoms with Crippen molar-refractivity contribution in [1.82, 2.24) is 4.90 Å². The van der Waals surface area contributed by atoms with Crippen LogP contribution in [0.15, 0.2) is 43.0 Å². The van der Waals surface area contributed by atoms with E-state index in [-0.39, 0.29) is 47.7 Å². The van der Waals surface area contributed by atoms with Crippen molar-refractivity contribution in [3.8, 4) is 0 Å². The lowest BCUT2D eigenvalue weighted by atomic mass is 9.66. The second kappa shape index (κ2) is 13.3. The van der Waals surface area contributed by atoms with Gasteiger partial charge in [0.25, 0.3) is 0 Å². The molecule has 5 nitrogen and oxygen atoms in total. The maximum absolute atomic E-state index is 13.8. The molecular weight excluding hydrogens is 450 g/mol. The third-order valence-electron chi connectivity index (χ3n) is 7.85. The van der Waals surface area contributed by atoms with Gasteiger partial charge in [0.05, 0.1) is 0 Å². The Labute approximate surface area is 218 Å². The minimum Gasteiger partial charge on any atom is -0.462 e. The Kier molecular flexibility index (Phi) is 10.4. The number of esters is 1. The number of amides is 1. The van der Waals surface area contributed by atoms with Crippen molar-refractivity contribution >= 4 is 12.1 Å². The van der Waals surface area contributed by atoms with Crippen LogP contribution in [0.4, 0.5) is 4.79 Å². The third kappa shape index (κ3) is 7.14. The van der Waals surface area contributed by atoms with Gasteiger partial charge >= 0.3 is 12.1 Å².